The Morgan fingerprint density at radius 1 is 1.30 bits per heavy atom. The Bertz CT molecular complexity index is 701. The van der Waals surface area contributed by atoms with Gasteiger partial charge in [-0.1, -0.05) is 12.1 Å². The molecule has 6 nitrogen and oxygen atoms in total. The summed E-state index contributed by atoms with van der Waals surface area (Å²) in [5.41, 5.74) is 2.87. The van der Waals surface area contributed by atoms with E-state index in [9.17, 15) is 4.79 Å². The van der Waals surface area contributed by atoms with Gasteiger partial charge in [-0.15, -0.1) is 0 Å². The van der Waals surface area contributed by atoms with Crippen molar-refractivity contribution in [3.8, 4) is 5.75 Å². The second-order valence-electron chi connectivity index (χ2n) is 5.36. The molecule has 1 aliphatic carbocycles. The lowest BCUT2D eigenvalue weighted by Crippen LogP contribution is -2.21. The molecule has 1 unspecified atom stereocenters. The summed E-state index contributed by atoms with van der Waals surface area (Å²) >= 11 is 0. The van der Waals surface area contributed by atoms with Crippen LogP contribution in [0.25, 0.3) is 0 Å². The van der Waals surface area contributed by atoms with Crippen molar-refractivity contribution in [3.63, 3.8) is 0 Å². The molecule has 0 spiro atoms. The van der Waals surface area contributed by atoms with E-state index in [1.165, 1.54) is 23.5 Å². The van der Waals surface area contributed by atoms with Gasteiger partial charge in [0.1, 0.15) is 5.75 Å². The van der Waals surface area contributed by atoms with Crippen molar-refractivity contribution in [2.75, 3.05) is 19.0 Å². The number of esters is 1. The highest BCUT2D eigenvalue weighted by Gasteiger charge is 2.24. The molecule has 1 aromatic carbocycles. The number of rotatable bonds is 5. The Labute approximate surface area is 134 Å². The molecule has 2 aromatic rings. The van der Waals surface area contributed by atoms with E-state index in [2.05, 4.69) is 21.4 Å². The van der Waals surface area contributed by atoms with Crippen LogP contribution in [0.1, 0.15) is 28.4 Å². The molecular formula is C17H19N3O3. The van der Waals surface area contributed by atoms with Gasteiger partial charge in [0.15, 0.2) is 0 Å². The number of ether oxygens (including phenoxy) is 2. The number of benzene rings is 1. The zero-order valence-electron chi connectivity index (χ0n) is 13.2. The Kier molecular flexibility index (Phi) is 4.41. The van der Waals surface area contributed by atoms with Crippen LogP contribution in [-0.2, 0) is 17.6 Å². The summed E-state index contributed by atoms with van der Waals surface area (Å²) in [6, 6.07) is 6.32. The van der Waals surface area contributed by atoms with Crippen LogP contribution in [-0.4, -0.2) is 35.7 Å². The van der Waals surface area contributed by atoms with Crippen LogP contribution in [0.2, 0.25) is 0 Å². The van der Waals surface area contributed by atoms with Crippen LogP contribution in [0, 0.1) is 0 Å². The topological polar surface area (TPSA) is 73.3 Å². The highest BCUT2D eigenvalue weighted by Crippen LogP contribution is 2.31. The van der Waals surface area contributed by atoms with E-state index in [0.29, 0.717) is 18.1 Å². The van der Waals surface area contributed by atoms with Crippen LogP contribution in [0.4, 0.5) is 5.95 Å². The molecule has 23 heavy (non-hydrogen) atoms. The molecule has 1 heterocycles. The first kappa shape index (κ1) is 15.3. The van der Waals surface area contributed by atoms with Gasteiger partial charge in [0.25, 0.3) is 0 Å². The minimum absolute atomic E-state index is 0.217. The third-order valence-electron chi connectivity index (χ3n) is 3.86. The predicted octanol–water partition coefficient (Wildman–Crippen LogP) is 2.24. The number of hydrogen-bond acceptors (Lipinski definition) is 6. The highest BCUT2D eigenvalue weighted by atomic mass is 16.5. The van der Waals surface area contributed by atoms with Crippen LogP contribution in [0.5, 0.6) is 5.75 Å². The van der Waals surface area contributed by atoms with E-state index in [-0.39, 0.29) is 6.04 Å². The highest BCUT2D eigenvalue weighted by molar-refractivity contribution is 5.88. The van der Waals surface area contributed by atoms with E-state index in [4.69, 9.17) is 9.47 Å². The summed E-state index contributed by atoms with van der Waals surface area (Å²) in [4.78, 5) is 20.0. The molecule has 6 heteroatoms. The maximum Gasteiger partial charge on any atom is 0.341 e. The van der Waals surface area contributed by atoms with Gasteiger partial charge in [0.2, 0.25) is 5.95 Å². The van der Waals surface area contributed by atoms with Gasteiger partial charge in [-0.25, -0.2) is 14.8 Å². The second-order valence-corrected chi connectivity index (χ2v) is 5.36. The molecule has 0 saturated carbocycles. The first-order valence-electron chi connectivity index (χ1n) is 7.61. The monoisotopic (exact) mass is 313 g/mol. The fraction of sp³-hybridized carbons (Fsp3) is 0.353. The summed E-state index contributed by atoms with van der Waals surface area (Å²) in [5, 5.41) is 3.31. The van der Waals surface area contributed by atoms with E-state index in [1.807, 2.05) is 12.1 Å². The molecule has 0 amide bonds. The molecule has 1 aliphatic rings. The number of fused-ring (bicyclic) bond motifs is 1. The summed E-state index contributed by atoms with van der Waals surface area (Å²) < 4.78 is 10.3. The lowest BCUT2D eigenvalue weighted by molar-refractivity contribution is 0.0525. The van der Waals surface area contributed by atoms with Crippen LogP contribution in [0.15, 0.2) is 30.6 Å². The van der Waals surface area contributed by atoms with Gasteiger partial charge < -0.3 is 14.8 Å². The molecule has 3 rings (SSSR count). The smallest absolute Gasteiger partial charge is 0.341 e. The van der Waals surface area contributed by atoms with Gasteiger partial charge in [-0.2, -0.15) is 0 Å². The van der Waals surface area contributed by atoms with Crippen molar-refractivity contribution in [1.29, 1.82) is 0 Å². The largest absolute Gasteiger partial charge is 0.496 e. The molecular weight excluding hydrogens is 294 g/mol. The number of hydrogen-bond donors (Lipinski definition) is 1. The van der Waals surface area contributed by atoms with Gasteiger partial charge >= 0.3 is 5.97 Å². The molecule has 0 bridgehead atoms. The van der Waals surface area contributed by atoms with Crippen molar-refractivity contribution in [1.82, 2.24) is 9.97 Å². The van der Waals surface area contributed by atoms with E-state index < -0.39 is 5.97 Å². The van der Waals surface area contributed by atoms with Gasteiger partial charge in [-0.05, 0) is 37.0 Å². The Hall–Kier alpha value is -2.63. The van der Waals surface area contributed by atoms with Crippen LogP contribution in [0.3, 0.4) is 0 Å². The molecule has 0 aliphatic heterocycles. The van der Waals surface area contributed by atoms with E-state index in [1.54, 1.807) is 14.0 Å². The number of carbonyl (C=O) groups is 1. The molecule has 1 atom stereocenters. The lowest BCUT2D eigenvalue weighted by Gasteiger charge is -2.12. The summed E-state index contributed by atoms with van der Waals surface area (Å²) in [6.07, 6.45) is 4.73. The SMILES string of the molecule is CCOC(=O)c1cnc(NC2Cc3cccc(OC)c3C2)nc1. The zero-order chi connectivity index (χ0) is 16.2. The Morgan fingerprint density at radius 3 is 2.78 bits per heavy atom. The normalized spacial score (nSPS) is 15.8. The van der Waals surface area contributed by atoms with Gasteiger partial charge in [0.05, 0.1) is 19.3 Å². The average Bonchev–Trinajstić information content (AvgIpc) is 2.98. The van der Waals surface area contributed by atoms with Crippen LogP contribution < -0.4 is 10.1 Å². The fourth-order valence-corrected chi connectivity index (χ4v) is 2.82. The summed E-state index contributed by atoms with van der Waals surface area (Å²) in [7, 11) is 1.69. The molecule has 0 saturated heterocycles. The number of carbonyl (C=O) groups excluding carboxylic acids is 1. The number of anilines is 1. The lowest BCUT2D eigenvalue weighted by atomic mass is 10.1. The summed E-state index contributed by atoms with van der Waals surface area (Å²) in [6.45, 7) is 2.10. The average molecular weight is 313 g/mol. The third kappa shape index (κ3) is 3.26. The number of nitrogens with zero attached hydrogens (tertiary/aromatic N) is 2. The maximum atomic E-state index is 11.6. The third-order valence-corrected chi connectivity index (χ3v) is 3.86. The van der Waals surface area contributed by atoms with Crippen molar-refractivity contribution in [3.05, 3.63) is 47.3 Å². The molecule has 0 radical (unpaired) electrons. The van der Waals surface area contributed by atoms with Gasteiger partial charge in [0, 0.05) is 18.4 Å². The van der Waals surface area contributed by atoms with E-state index >= 15 is 0 Å². The van der Waals surface area contributed by atoms with Crippen molar-refractivity contribution < 1.29 is 14.3 Å². The van der Waals surface area contributed by atoms with Crippen molar-refractivity contribution >= 4 is 11.9 Å². The zero-order valence-corrected chi connectivity index (χ0v) is 13.2. The Balaban J connectivity index is 1.66. The number of methoxy groups -OCH3 is 1. The minimum Gasteiger partial charge on any atom is -0.496 e. The van der Waals surface area contributed by atoms with Crippen molar-refractivity contribution in [2.24, 2.45) is 0 Å². The van der Waals surface area contributed by atoms with Crippen LogP contribution >= 0.6 is 0 Å². The van der Waals surface area contributed by atoms with Crippen molar-refractivity contribution in [2.45, 2.75) is 25.8 Å². The quantitative estimate of drug-likeness (QED) is 0.854. The summed E-state index contributed by atoms with van der Waals surface area (Å²) in [5.74, 6) is 1.03. The maximum absolute atomic E-state index is 11.6. The molecule has 1 N–H and O–H groups in total. The first-order valence-corrected chi connectivity index (χ1v) is 7.61. The minimum atomic E-state index is -0.406. The molecule has 0 fully saturated rings. The number of aromatic nitrogens is 2. The fourth-order valence-electron chi connectivity index (χ4n) is 2.82. The first-order chi connectivity index (χ1) is 11.2. The van der Waals surface area contributed by atoms with Gasteiger partial charge in [-0.3, -0.25) is 0 Å². The standard InChI is InChI=1S/C17H19N3O3/c1-3-23-16(21)12-9-18-17(19-10-12)20-13-7-11-5-4-6-15(22-2)14(11)8-13/h4-6,9-10,13H,3,7-8H2,1-2H3,(H,18,19,20). The molecule has 120 valence electrons. The number of nitrogens with one attached hydrogen (secondary N) is 1. The Morgan fingerprint density at radius 2 is 2.09 bits per heavy atom. The van der Waals surface area contributed by atoms with E-state index in [0.717, 1.165) is 18.6 Å². The predicted molar refractivity (Wildman–Crippen MR) is 85.8 cm³/mol. The second kappa shape index (κ2) is 6.64. The molecule has 1 aromatic heterocycles.